The highest BCUT2D eigenvalue weighted by molar-refractivity contribution is 7.92. The van der Waals surface area contributed by atoms with Gasteiger partial charge >= 0.3 is 0 Å². The molecule has 0 aliphatic heterocycles. The number of nitrogens with one attached hydrogen (secondary N) is 1. The van der Waals surface area contributed by atoms with Gasteiger partial charge in [-0.3, -0.25) is 9.10 Å². The molecule has 9 heteroatoms. The van der Waals surface area contributed by atoms with Crippen molar-refractivity contribution in [3.8, 4) is 11.5 Å². The molecular formula is C23H23ClN2O5S. The van der Waals surface area contributed by atoms with Crippen molar-refractivity contribution >= 4 is 38.9 Å². The SMILES string of the molecule is COc1cccc(NC(=O)CN(c2ccc(OC)c(Cl)c2)S(=O)(=O)c2ccc(C)cc2)c1. The Labute approximate surface area is 192 Å². The van der Waals surface area contributed by atoms with Crippen molar-refractivity contribution in [3.63, 3.8) is 0 Å². The zero-order chi connectivity index (χ0) is 23.3. The van der Waals surface area contributed by atoms with Gasteiger partial charge in [-0.05, 0) is 49.4 Å². The third-order valence-corrected chi connectivity index (χ3v) is 6.76. The number of halogens is 1. The number of carbonyl (C=O) groups is 1. The Kier molecular flexibility index (Phi) is 7.27. The minimum Gasteiger partial charge on any atom is -0.497 e. The summed E-state index contributed by atoms with van der Waals surface area (Å²) in [5.74, 6) is 0.429. The average molecular weight is 475 g/mol. The van der Waals surface area contributed by atoms with Crippen molar-refractivity contribution in [1.82, 2.24) is 0 Å². The lowest BCUT2D eigenvalue weighted by atomic mass is 10.2. The molecule has 168 valence electrons. The highest BCUT2D eigenvalue weighted by Crippen LogP contribution is 2.32. The molecule has 0 aromatic heterocycles. The number of nitrogens with zero attached hydrogens (tertiary/aromatic N) is 1. The number of methoxy groups -OCH3 is 2. The summed E-state index contributed by atoms with van der Waals surface area (Å²) in [4.78, 5) is 12.9. The van der Waals surface area contributed by atoms with E-state index in [1.807, 2.05) is 6.92 Å². The number of aryl methyl sites for hydroxylation is 1. The molecule has 0 fully saturated rings. The number of sulfonamides is 1. The molecule has 3 aromatic rings. The van der Waals surface area contributed by atoms with E-state index in [0.717, 1.165) is 9.87 Å². The van der Waals surface area contributed by atoms with Gasteiger partial charge in [-0.2, -0.15) is 0 Å². The molecule has 0 bridgehead atoms. The highest BCUT2D eigenvalue weighted by atomic mass is 35.5. The smallest absolute Gasteiger partial charge is 0.264 e. The maximum atomic E-state index is 13.4. The molecule has 32 heavy (non-hydrogen) atoms. The molecule has 7 nitrogen and oxygen atoms in total. The fourth-order valence-electron chi connectivity index (χ4n) is 2.99. The van der Waals surface area contributed by atoms with Crippen molar-refractivity contribution < 1.29 is 22.7 Å². The van der Waals surface area contributed by atoms with Crippen molar-refractivity contribution in [2.24, 2.45) is 0 Å². The maximum Gasteiger partial charge on any atom is 0.264 e. The molecule has 3 aromatic carbocycles. The van der Waals surface area contributed by atoms with Gasteiger partial charge in [-0.1, -0.05) is 35.4 Å². The number of hydrogen-bond donors (Lipinski definition) is 1. The lowest BCUT2D eigenvalue weighted by Crippen LogP contribution is -2.38. The van der Waals surface area contributed by atoms with E-state index in [1.54, 1.807) is 42.5 Å². The van der Waals surface area contributed by atoms with Crippen molar-refractivity contribution in [2.45, 2.75) is 11.8 Å². The van der Waals surface area contributed by atoms with E-state index >= 15 is 0 Å². The van der Waals surface area contributed by atoms with Gasteiger partial charge in [0.05, 0.1) is 29.8 Å². The summed E-state index contributed by atoms with van der Waals surface area (Å²) in [6.45, 7) is 1.40. The molecule has 0 spiro atoms. The zero-order valence-electron chi connectivity index (χ0n) is 17.8. The van der Waals surface area contributed by atoms with E-state index in [1.165, 1.54) is 38.5 Å². The number of carbonyl (C=O) groups excluding carboxylic acids is 1. The van der Waals surface area contributed by atoms with Gasteiger partial charge in [-0.15, -0.1) is 0 Å². The summed E-state index contributed by atoms with van der Waals surface area (Å²) in [5, 5.41) is 2.93. The summed E-state index contributed by atoms with van der Waals surface area (Å²) >= 11 is 6.23. The molecule has 0 aliphatic carbocycles. The number of hydrogen-bond acceptors (Lipinski definition) is 5. The monoisotopic (exact) mass is 474 g/mol. The number of benzene rings is 3. The first-order valence-electron chi connectivity index (χ1n) is 9.61. The largest absolute Gasteiger partial charge is 0.497 e. The Morgan fingerprint density at radius 3 is 2.34 bits per heavy atom. The molecule has 0 unspecified atom stereocenters. The lowest BCUT2D eigenvalue weighted by molar-refractivity contribution is -0.114. The summed E-state index contributed by atoms with van der Waals surface area (Å²) < 4.78 is 38.2. The van der Waals surface area contributed by atoms with Gasteiger partial charge in [0.2, 0.25) is 5.91 Å². The second-order valence-electron chi connectivity index (χ2n) is 6.92. The van der Waals surface area contributed by atoms with Gasteiger partial charge in [-0.25, -0.2) is 8.42 Å². The number of amides is 1. The molecular weight excluding hydrogens is 452 g/mol. The summed E-state index contributed by atoms with van der Waals surface area (Å²) in [6, 6.07) is 17.7. The van der Waals surface area contributed by atoms with Crippen LogP contribution < -0.4 is 19.1 Å². The van der Waals surface area contributed by atoms with E-state index in [0.29, 0.717) is 17.2 Å². The van der Waals surface area contributed by atoms with Crippen LogP contribution in [0.25, 0.3) is 0 Å². The van der Waals surface area contributed by atoms with Crippen molar-refractivity contribution in [3.05, 3.63) is 77.3 Å². The van der Waals surface area contributed by atoms with E-state index in [4.69, 9.17) is 21.1 Å². The number of rotatable bonds is 8. The zero-order valence-corrected chi connectivity index (χ0v) is 19.4. The van der Waals surface area contributed by atoms with Crippen LogP contribution >= 0.6 is 11.6 Å². The van der Waals surface area contributed by atoms with Crippen molar-refractivity contribution in [1.29, 1.82) is 0 Å². The first-order chi connectivity index (χ1) is 15.2. The molecule has 0 saturated heterocycles. The molecule has 0 heterocycles. The first kappa shape index (κ1) is 23.4. The number of ether oxygens (including phenoxy) is 2. The Morgan fingerprint density at radius 2 is 1.72 bits per heavy atom. The summed E-state index contributed by atoms with van der Waals surface area (Å²) in [6.07, 6.45) is 0. The summed E-state index contributed by atoms with van der Waals surface area (Å²) in [5.41, 5.74) is 1.63. The topological polar surface area (TPSA) is 84.9 Å². The van der Waals surface area contributed by atoms with Crippen LogP contribution in [0.3, 0.4) is 0 Å². The van der Waals surface area contributed by atoms with Gasteiger partial charge < -0.3 is 14.8 Å². The fraction of sp³-hybridized carbons (Fsp3) is 0.174. The maximum absolute atomic E-state index is 13.4. The molecule has 1 N–H and O–H groups in total. The van der Waals surface area contributed by atoms with Crippen LogP contribution in [0.4, 0.5) is 11.4 Å². The van der Waals surface area contributed by atoms with Crippen LogP contribution in [0.1, 0.15) is 5.56 Å². The molecule has 0 radical (unpaired) electrons. The minimum absolute atomic E-state index is 0.0595. The minimum atomic E-state index is -4.06. The Morgan fingerprint density at radius 1 is 1.00 bits per heavy atom. The van der Waals surface area contributed by atoms with E-state index < -0.39 is 22.5 Å². The predicted octanol–water partition coefficient (Wildman–Crippen LogP) is 4.50. The lowest BCUT2D eigenvalue weighted by Gasteiger charge is -2.24. The average Bonchev–Trinajstić information content (AvgIpc) is 2.77. The molecule has 0 saturated carbocycles. The van der Waals surface area contributed by atoms with E-state index in [2.05, 4.69) is 5.32 Å². The van der Waals surface area contributed by atoms with E-state index in [9.17, 15) is 13.2 Å². The van der Waals surface area contributed by atoms with Gasteiger partial charge in [0.1, 0.15) is 18.0 Å². The van der Waals surface area contributed by atoms with Crippen LogP contribution in [0.2, 0.25) is 5.02 Å². The Hall–Kier alpha value is -3.23. The second-order valence-corrected chi connectivity index (χ2v) is 9.19. The molecule has 0 atom stereocenters. The molecule has 0 aliphatic rings. The number of anilines is 2. The second kappa shape index (κ2) is 9.93. The standard InChI is InChI=1S/C23H23ClN2O5S/c1-16-7-10-20(11-8-16)32(28,29)26(18-9-12-22(31-3)21(24)14-18)15-23(27)25-17-5-4-6-19(13-17)30-2/h4-14H,15H2,1-3H3,(H,25,27). The third-order valence-electron chi connectivity index (χ3n) is 4.67. The van der Waals surface area contributed by atoms with Gasteiger partial charge in [0, 0.05) is 11.8 Å². The van der Waals surface area contributed by atoms with Gasteiger partial charge in [0.15, 0.2) is 0 Å². The molecule has 1 amide bonds. The van der Waals surface area contributed by atoms with Gasteiger partial charge in [0.25, 0.3) is 10.0 Å². The quantitative estimate of drug-likeness (QED) is 0.519. The Balaban J connectivity index is 1.97. The highest BCUT2D eigenvalue weighted by Gasteiger charge is 2.28. The fourth-order valence-corrected chi connectivity index (χ4v) is 4.66. The van der Waals surface area contributed by atoms with Crippen molar-refractivity contribution in [2.75, 3.05) is 30.4 Å². The first-order valence-corrected chi connectivity index (χ1v) is 11.4. The van der Waals surface area contributed by atoms with Crippen LogP contribution in [-0.2, 0) is 14.8 Å². The third kappa shape index (κ3) is 5.33. The van der Waals surface area contributed by atoms with Crippen LogP contribution in [0.15, 0.2) is 71.6 Å². The van der Waals surface area contributed by atoms with Crippen LogP contribution in [0, 0.1) is 6.92 Å². The molecule has 3 rings (SSSR count). The summed E-state index contributed by atoms with van der Waals surface area (Å²) in [7, 11) is -1.08. The van der Waals surface area contributed by atoms with Crippen LogP contribution in [0.5, 0.6) is 11.5 Å². The van der Waals surface area contributed by atoms with Crippen LogP contribution in [-0.4, -0.2) is 35.1 Å². The predicted molar refractivity (Wildman–Crippen MR) is 125 cm³/mol. The Bertz CT molecular complexity index is 1210. The van der Waals surface area contributed by atoms with E-state index in [-0.39, 0.29) is 15.6 Å². The normalized spacial score (nSPS) is 11.0.